The summed E-state index contributed by atoms with van der Waals surface area (Å²) >= 11 is 0. The van der Waals surface area contributed by atoms with Crippen molar-refractivity contribution in [2.75, 3.05) is 6.61 Å². The van der Waals surface area contributed by atoms with Gasteiger partial charge in [0.25, 0.3) is 0 Å². The van der Waals surface area contributed by atoms with Gasteiger partial charge in [0.05, 0.1) is 18.7 Å². The Morgan fingerprint density at radius 3 is 2.96 bits per heavy atom. The molecule has 0 radical (unpaired) electrons. The van der Waals surface area contributed by atoms with Crippen molar-refractivity contribution in [1.29, 1.82) is 0 Å². The second-order valence-electron chi connectivity index (χ2n) is 6.40. The maximum Gasteiger partial charge on any atom is 0.306 e. The van der Waals surface area contributed by atoms with Gasteiger partial charge in [-0.15, -0.1) is 0 Å². The molecule has 1 heterocycles. The third kappa shape index (κ3) is 4.28. The van der Waals surface area contributed by atoms with Crippen LogP contribution in [0.25, 0.3) is 0 Å². The lowest BCUT2D eigenvalue weighted by molar-refractivity contribution is -0.141. The average molecular weight is 330 g/mol. The summed E-state index contributed by atoms with van der Waals surface area (Å²) in [6.07, 6.45) is 4.34. The third-order valence-corrected chi connectivity index (χ3v) is 4.31. The van der Waals surface area contributed by atoms with E-state index < -0.39 is 11.9 Å². The zero-order valence-corrected chi connectivity index (χ0v) is 13.6. The molecule has 0 saturated heterocycles. The van der Waals surface area contributed by atoms with Crippen LogP contribution in [0.4, 0.5) is 0 Å². The van der Waals surface area contributed by atoms with E-state index in [0.717, 1.165) is 24.2 Å². The molecule has 6 heteroatoms. The van der Waals surface area contributed by atoms with Crippen LogP contribution in [0.1, 0.15) is 25.3 Å². The molecule has 128 valence electrons. The summed E-state index contributed by atoms with van der Waals surface area (Å²) in [6, 6.07) is 9.49. The zero-order chi connectivity index (χ0) is 16.9. The first-order valence-corrected chi connectivity index (χ1v) is 8.20. The van der Waals surface area contributed by atoms with Crippen LogP contribution in [0.15, 0.2) is 36.5 Å². The minimum atomic E-state index is -0.779. The van der Waals surface area contributed by atoms with Gasteiger partial charge < -0.3 is 14.6 Å². The standard InChI is InChI=1S/C18H22N2O4/c1-12(18(21)22)7-13-3-2-4-15(8-13)23-11-14-9-16(10-14)24-17-5-6-19-20-17/h2-6,8,12,14,16H,7,9-11H2,1H3,(H,19,20)(H,21,22). The fraction of sp³-hybridized carbons (Fsp3) is 0.444. The highest BCUT2D eigenvalue weighted by atomic mass is 16.5. The Balaban J connectivity index is 1.42. The summed E-state index contributed by atoms with van der Waals surface area (Å²) in [4.78, 5) is 10.9. The van der Waals surface area contributed by atoms with Crippen LogP contribution >= 0.6 is 0 Å². The molecule has 1 aromatic carbocycles. The normalized spacial score (nSPS) is 20.9. The molecular formula is C18H22N2O4. The number of hydrogen-bond donors (Lipinski definition) is 2. The van der Waals surface area contributed by atoms with Crippen LogP contribution in [-0.4, -0.2) is 34.0 Å². The lowest BCUT2D eigenvalue weighted by atomic mass is 9.83. The van der Waals surface area contributed by atoms with Crippen molar-refractivity contribution in [1.82, 2.24) is 10.2 Å². The number of nitrogens with one attached hydrogen (secondary N) is 1. The molecule has 1 aliphatic carbocycles. The van der Waals surface area contributed by atoms with Crippen molar-refractivity contribution in [3.63, 3.8) is 0 Å². The predicted octanol–water partition coefficient (Wildman–Crippen LogP) is 2.91. The van der Waals surface area contributed by atoms with Gasteiger partial charge in [0.2, 0.25) is 5.88 Å². The summed E-state index contributed by atoms with van der Waals surface area (Å²) in [5.74, 6) is 0.813. The zero-order valence-electron chi connectivity index (χ0n) is 13.6. The van der Waals surface area contributed by atoms with Crippen LogP contribution in [0.2, 0.25) is 0 Å². The van der Waals surface area contributed by atoms with Crippen LogP contribution in [0.3, 0.4) is 0 Å². The molecule has 0 spiro atoms. The highest BCUT2D eigenvalue weighted by Gasteiger charge is 2.31. The second-order valence-corrected chi connectivity index (χ2v) is 6.40. The summed E-state index contributed by atoms with van der Waals surface area (Å²) in [5.41, 5.74) is 0.983. The predicted molar refractivity (Wildman–Crippen MR) is 88.2 cm³/mol. The van der Waals surface area contributed by atoms with E-state index in [1.165, 1.54) is 0 Å². The van der Waals surface area contributed by atoms with Crippen LogP contribution < -0.4 is 9.47 Å². The Labute approximate surface area is 140 Å². The molecule has 1 fully saturated rings. The largest absolute Gasteiger partial charge is 0.493 e. The van der Waals surface area contributed by atoms with E-state index in [-0.39, 0.29) is 6.10 Å². The lowest BCUT2D eigenvalue weighted by Gasteiger charge is -2.34. The number of carbonyl (C=O) groups is 1. The minimum Gasteiger partial charge on any atom is -0.493 e. The van der Waals surface area contributed by atoms with Gasteiger partial charge in [0, 0.05) is 6.07 Å². The van der Waals surface area contributed by atoms with E-state index >= 15 is 0 Å². The van der Waals surface area contributed by atoms with Crippen LogP contribution in [0.5, 0.6) is 11.6 Å². The van der Waals surface area contributed by atoms with Crippen molar-refractivity contribution in [3.05, 3.63) is 42.1 Å². The second kappa shape index (κ2) is 7.38. The van der Waals surface area contributed by atoms with Gasteiger partial charge in [-0.25, -0.2) is 5.10 Å². The third-order valence-electron chi connectivity index (χ3n) is 4.31. The molecule has 6 nitrogen and oxygen atoms in total. The molecule has 2 N–H and O–H groups in total. The van der Waals surface area contributed by atoms with Crippen molar-refractivity contribution in [2.24, 2.45) is 11.8 Å². The average Bonchev–Trinajstić information content (AvgIpc) is 3.02. The number of rotatable bonds is 8. The molecule has 0 bridgehead atoms. The number of ether oxygens (including phenoxy) is 2. The maximum absolute atomic E-state index is 10.9. The number of aromatic amines is 1. The number of aromatic nitrogens is 2. The number of carboxylic acid groups (broad SMARTS) is 1. The van der Waals surface area contributed by atoms with E-state index in [2.05, 4.69) is 10.2 Å². The topological polar surface area (TPSA) is 84.4 Å². The molecule has 1 unspecified atom stereocenters. The maximum atomic E-state index is 10.9. The Morgan fingerprint density at radius 1 is 1.42 bits per heavy atom. The smallest absolute Gasteiger partial charge is 0.306 e. The highest BCUT2D eigenvalue weighted by Crippen LogP contribution is 2.31. The molecule has 1 saturated carbocycles. The highest BCUT2D eigenvalue weighted by molar-refractivity contribution is 5.69. The first kappa shape index (κ1) is 16.4. The number of hydrogen-bond acceptors (Lipinski definition) is 4. The van der Waals surface area contributed by atoms with E-state index in [4.69, 9.17) is 14.6 Å². The van der Waals surface area contributed by atoms with E-state index in [1.807, 2.05) is 30.3 Å². The molecule has 3 rings (SSSR count). The fourth-order valence-electron chi connectivity index (χ4n) is 2.81. The minimum absolute atomic E-state index is 0.224. The number of nitrogens with zero attached hydrogens (tertiary/aromatic N) is 1. The van der Waals surface area contributed by atoms with Gasteiger partial charge in [0.15, 0.2) is 0 Å². The van der Waals surface area contributed by atoms with Crippen molar-refractivity contribution in [3.8, 4) is 11.6 Å². The molecule has 0 aliphatic heterocycles. The van der Waals surface area contributed by atoms with Gasteiger partial charge in [-0.1, -0.05) is 19.1 Å². The molecule has 0 amide bonds. The molecular weight excluding hydrogens is 308 g/mol. The monoisotopic (exact) mass is 330 g/mol. The quantitative estimate of drug-likeness (QED) is 0.777. The lowest BCUT2D eigenvalue weighted by Crippen LogP contribution is -2.37. The summed E-state index contributed by atoms with van der Waals surface area (Å²) in [7, 11) is 0. The fourth-order valence-corrected chi connectivity index (χ4v) is 2.81. The first-order chi connectivity index (χ1) is 11.6. The van der Waals surface area contributed by atoms with E-state index in [0.29, 0.717) is 24.8 Å². The van der Waals surface area contributed by atoms with Crippen LogP contribution in [0, 0.1) is 11.8 Å². The number of benzene rings is 1. The van der Waals surface area contributed by atoms with E-state index in [1.54, 1.807) is 13.1 Å². The summed E-state index contributed by atoms with van der Waals surface area (Å²) in [6.45, 7) is 2.37. The number of carboxylic acids is 1. The van der Waals surface area contributed by atoms with Gasteiger partial charge >= 0.3 is 5.97 Å². The first-order valence-electron chi connectivity index (χ1n) is 8.20. The molecule has 1 atom stereocenters. The number of H-pyrrole nitrogens is 1. The molecule has 1 aliphatic rings. The molecule has 1 aromatic heterocycles. The molecule has 24 heavy (non-hydrogen) atoms. The van der Waals surface area contributed by atoms with Crippen LogP contribution in [-0.2, 0) is 11.2 Å². The van der Waals surface area contributed by atoms with Gasteiger partial charge in [-0.05, 0) is 42.9 Å². The Kier molecular flexibility index (Phi) is 5.03. The van der Waals surface area contributed by atoms with Gasteiger partial charge in [0.1, 0.15) is 11.9 Å². The van der Waals surface area contributed by atoms with Crippen molar-refractivity contribution in [2.45, 2.75) is 32.3 Å². The Bertz CT molecular complexity index is 665. The summed E-state index contributed by atoms with van der Waals surface area (Å²) in [5, 5.41) is 15.6. The Morgan fingerprint density at radius 2 is 2.25 bits per heavy atom. The summed E-state index contributed by atoms with van der Waals surface area (Å²) < 4.78 is 11.6. The Hall–Kier alpha value is -2.50. The van der Waals surface area contributed by atoms with Gasteiger partial charge in [-0.3, -0.25) is 4.79 Å². The molecule has 2 aromatic rings. The van der Waals surface area contributed by atoms with Crippen molar-refractivity contribution < 1.29 is 19.4 Å². The van der Waals surface area contributed by atoms with Gasteiger partial charge in [-0.2, -0.15) is 5.10 Å². The van der Waals surface area contributed by atoms with E-state index in [9.17, 15) is 4.79 Å². The SMILES string of the molecule is CC(Cc1cccc(OCC2CC(Oc3ccn[nH]3)C2)c1)C(=O)O. The number of aliphatic carboxylic acids is 1. The van der Waals surface area contributed by atoms with Crippen molar-refractivity contribution >= 4 is 5.97 Å².